The van der Waals surface area contributed by atoms with E-state index in [0.717, 1.165) is 4.90 Å². The number of nitrogens with one attached hydrogen (secondary N) is 1. The highest BCUT2D eigenvalue weighted by Gasteiger charge is 2.52. The van der Waals surface area contributed by atoms with Crippen LogP contribution in [0.5, 0.6) is 0 Å². The topological polar surface area (TPSA) is 110 Å². The number of urea groups is 1. The van der Waals surface area contributed by atoms with E-state index in [-0.39, 0.29) is 25.5 Å². The number of aliphatic hydroxyl groups excluding tert-OH is 1. The quantitative estimate of drug-likeness (QED) is 0.550. The molecule has 0 unspecified atom stereocenters. The molecule has 20 heavy (non-hydrogen) atoms. The lowest BCUT2D eigenvalue weighted by Gasteiger charge is -2.36. The molecule has 3 N–H and O–H groups in total. The van der Waals surface area contributed by atoms with Gasteiger partial charge in [-0.25, -0.2) is 4.79 Å². The third-order valence-corrected chi connectivity index (χ3v) is 3.92. The summed E-state index contributed by atoms with van der Waals surface area (Å²) in [6.07, 6.45) is 0.730. The first kappa shape index (κ1) is 14.7. The van der Waals surface area contributed by atoms with E-state index >= 15 is 0 Å². The fourth-order valence-electron chi connectivity index (χ4n) is 2.73. The van der Waals surface area contributed by atoms with Gasteiger partial charge < -0.3 is 20.4 Å². The monoisotopic (exact) mass is 285 g/mol. The molecule has 2 saturated heterocycles. The highest BCUT2D eigenvalue weighted by atomic mass is 16.4. The van der Waals surface area contributed by atoms with E-state index in [4.69, 9.17) is 10.2 Å². The number of carbonyl (C=O) groups is 3. The Morgan fingerprint density at radius 2 is 1.90 bits per heavy atom. The van der Waals surface area contributed by atoms with Gasteiger partial charge in [-0.05, 0) is 12.8 Å². The second-order valence-corrected chi connectivity index (χ2v) is 5.18. The second-order valence-electron chi connectivity index (χ2n) is 5.18. The van der Waals surface area contributed by atoms with Crippen molar-refractivity contribution in [2.45, 2.75) is 24.8 Å². The van der Waals surface area contributed by atoms with E-state index in [2.05, 4.69) is 5.32 Å². The maximum atomic E-state index is 12.4. The van der Waals surface area contributed by atoms with Crippen molar-refractivity contribution >= 4 is 17.9 Å². The number of aliphatic hydroxyl groups is 1. The van der Waals surface area contributed by atoms with Crippen LogP contribution < -0.4 is 5.32 Å². The number of amides is 3. The number of aliphatic carboxylic acids is 1. The molecule has 0 saturated carbocycles. The van der Waals surface area contributed by atoms with Crippen LogP contribution in [0.15, 0.2) is 0 Å². The van der Waals surface area contributed by atoms with Crippen molar-refractivity contribution in [1.29, 1.82) is 0 Å². The molecule has 2 aliphatic rings. The third-order valence-electron chi connectivity index (χ3n) is 3.92. The van der Waals surface area contributed by atoms with E-state index in [1.807, 2.05) is 4.90 Å². The summed E-state index contributed by atoms with van der Waals surface area (Å²) in [7, 11) is 0. The van der Waals surface area contributed by atoms with Crippen LogP contribution in [0.1, 0.15) is 19.3 Å². The van der Waals surface area contributed by atoms with Crippen molar-refractivity contribution in [2.24, 2.45) is 0 Å². The van der Waals surface area contributed by atoms with Gasteiger partial charge >= 0.3 is 12.0 Å². The number of β-amino-alcohol motifs (C(OH)–C–C–N with tert-alkyl or cyclic N) is 1. The van der Waals surface area contributed by atoms with Crippen LogP contribution in [0.25, 0.3) is 0 Å². The normalized spacial score (nSPS) is 22.4. The Labute approximate surface area is 116 Å². The lowest BCUT2D eigenvalue weighted by atomic mass is 9.87. The highest BCUT2D eigenvalue weighted by molar-refractivity contribution is 6.07. The molecule has 2 fully saturated rings. The predicted molar refractivity (Wildman–Crippen MR) is 68.0 cm³/mol. The van der Waals surface area contributed by atoms with Crippen LogP contribution in [0.2, 0.25) is 0 Å². The standard InChI is InChI=1S/C12H19N3O5/c16-8-7-14-5-2-12(3-6-14)10(19)15(11(20)13-12)4-1-9(17)18/h16H,1-8H2,(H,13,20)(H,17,18). The molecule has 8 heteroatoms. The fourth-order valence-corrected chi connectivity index (χ4v) is 2.73. The molecule has 2 heterocycles. The average Bonchev–Trinajstić information content (AvgIpc) is 2.62. The molecular formula is C12H19N3O5. The number of carbonyl (C=O) groups excluding carboxylic acids is 2. The van der Waals surface area contributed by atoms with Gasteiger partial charge in [0, 0.05) is 26.2 Å². The van der Waals surface area contributed by atoms with Crippen molar-refractivity contribution < 1.29 is 24.6 Å². The number of piperidine rings is 1. The molecule has 0 aromatic carbocycles. The molecule has 112 valence electrons. The van der Waals surface area contributed by atoms with Crippen LogP contribution in [-0.4, -0.2) is 76.2 Å². The zero-order valence-electron chi connectivity index (χ0n) is 11.2. The van der Waals surface area contributed by atoms with Crippen LogP contribution in [0, 0.1) is 0 Å². The summed E-state index contributed by atoms with van der Waals surface area (Å²) in [6, 6.07) is -0.508. The van der Waals surface area contributed by atoms with Crippen molar-refractivity contribution in [1.82, 2.24) is 15.1 Å². The SMILES string of the molecule is O=C(O)CCN1C(=O)NC2(CCN(CCO)CC2)C1=O. The van der Waals surface area contributed by atoms with E-state index < -0.39 is 17.5 Å². The molecule has 8 nitrogen and oxygen atoms in total. The molecule has 0 aliphatic carbocycles. The molecule has 2 rings (SSSR count). The van der Waals surface area contributed by atoms with Crippen LogP contribution in [-0.2, 0) is 9.59 Å². The Bertz CT molecular complexity index is 417. The molecule has 0 bridgehead atoms. The van der Waals surface area contributed by atoms with Crippen LogP contribution >= 0.6 is 0 Å². The van der Waals surface area contributed by atoms with Crippen molar-refractivity contribution in [3.8, 4) is 0 Å². The highest BCUT2D eigenvalue weighted by Crippen LogP contribution is 2.29. The fraction of sp³-hybridized carbons (Fsp3) is 0.750. The van der Waals surface area contributed by atoms with Crippen LogP contribution in [0.3, 0.4) is 0 Å². The van der Waals surface area contributed by atoms with Gasteiger partial charge in [0.25, 0.3) is 5.91 Å². The largest absolute Gasteiger partial charge is 0.481 e. The van der Waals surface area contributed by atoms with Crippen molar-refractivity contribution in [2.75, 3.05) is 32.8 Å². The summed E-state index contributed by atoms with van der Waals surface area (Å²) < 4.78 is 0. The van der Waals surface area contributed by atoms with E-state index in [1.165, 1.54) is 0 Å². The van der Waals surface area contributed by atoms with Crippen LogP contribution in [0.4, 0.5) is 4.79 Å². The Morgan fingerprint density at radius 3 is 2.45 bits per heavy atom. The van der Waals surface area contributed by atoms with Gasteiger partial charge in [-0.3, -0.25) is 14.5 Å². The van der Waals surface area contributed by atoms with E-state index in [9.17, 15) is 14.4 Å². The lowest BCUT2D eigenvalue weighted by molar-refractivity contribution is -0.138. The summed E-state index contributed by atoms with van der Waals surface area (Å²) in [5, 5.41) is 20.2. The minimum Gasteiger partial charge on any atom is -0.481 e. The van der Waals surface area contributed by atoms with Gasteiger partial charge in [0.2, 0.25) is 0 Å². The number of rotatable bonds is 5. The number of hydrogen-bond donors (Lipinski definition) is 3. The molecule has 1 spiro atoms. The molecule has 0 atom stereocenters. The van der Waals surface area contributed by atoms with Gasteiger partial charge in [-0.2, -0.15) is 0 Å². The number of hydrogen-bond acceptors (Lipinski definition) is 5. The number of nitrogens with zero attached hydrogens (tertiary/aromatic N) is 2. The smallest absolute Gasteiger partial charge is 0.325 e. The van der Waals surface area contributed by atoms with Gasteiger partial charge in [-0.15, -0.1) is 0 Å². The summed E-state index contributed by atoms with van der Waals surface area (Å²) >= 11 is 0. The maximum Gasteiger partial charge on any atom is 0.325 e. The summed E-state index contributed by atoms with van der Waals surface area (Å²) in [5.41, 5.74) is -0.887. The average molecular weight is 285 g/mol. The van der Waals surface area contributed by atoms with Gasteiger partial charge in [0.15, 0.2) is 0 Å². The maximum absolute atomic E-state index is 12.4. The van der Waals surface area contributed by atoms with Gasteiger partial charge in [0.05, 0.1) is 13.0 Å². The first-order valence-electron chi connectivity index (χ1n) is 6.67. The molecule has 0 aromatic rings. The minimum absolute atomic E-state index is 0.0675. The van der Waals surface area contributed by atoms with E-state index in [1.54, 1.807) is 0 Å². The molecule has 2 aliphatic heterocycles. The Hall–Kier alpha value is -1.67. The van der Waals surface area contributed by atoms with Crippen molar-refractivity contribution in [3.63, 3.8) is 0 Å². The zero-order valence-corrected chi connectivity index (χ0v) is 11.2. The van der Waals surface area contributed by atoms with E-state index in [0.29, 0.717) is 32.5 Å². The van der Waals surface area contributed by atoms with Gasteiger partial charge in [-0.1, -0.05) is 0 Å². The summed E-state index contributed by atoms with van der Waals surface area (Å²) in [5.74, 6) is -1.36. The molecule has 3 amide bonds. The molecular weight excluding hydrogens is 266 g/mol. The van der Waals surface area contributed by atoms with Crippen molar-refractivity contribution in [3.05, 3.63) is 0 Å². The number of carboxylic acid groups (broad SMARTS) is 1. The number of imide groups is 1. The molecule has 0 aromatic heterocycles. The Balaban J connectivity index is 1.99. The summed E-state index contributed by atoms with van der Waals surface area (Å²) in [6.45, 7) is 1.78. The second kappa shape index (κ2) is 5.76. The first-order valence-corrected chi connectivity index (χ1v) is 6.67. The Morgan fingerprint density at radius 1 is 1.25 bits per heavy atom. The summed E-state index contributed by atoms with van der Waals surface area (Å²) in [4.78, 5) is 37.8. The minimum atomic E-state index is -1.04. The lowest BCUT2D eigenvalue weighted by Crippen LogP contribution is -2.55. The zero-order chi connectivity index (χ0) is 14.8. The number of likely N-dealkylation sites (tertiary alicyclic amines) is 1. The third kappa shape index (κ3) is 2.75. The van der Waals surface area contributed by atoms with Gasteiger partial charge in [0.1, 0.15) is 5.54 Å². The Kier molecular flexibility index (Phi) is 4.24. The predicted octanol–water partition coefficient (Wildman–Crippen LogP) is -1.16. The molecule has 0 radical (unpaired) electrons. The number of carboxylic acids is 1. The first-order chi connectivity index (χ1) is 9.48.